The van der Waals surface area contributed by atoms with E-state index in [1.54, 1.807) is 24.3 Å². The summed E-state index contributed by atoms with van der Waals surface area (Å²) in [6.07, 6.45) is 7.68. The summed E-state index contributed by atoms with van der Waals surface area (Å²) in [5, 5.41) is 0. The fourth-order valence-electron chi connectivity index (χ4n) is 4.58. The van der Waals surface area contributed by atoms with E-state index in [1.165, 1.54) is 0 Å². The molecular weight excluding hydrogens is 478 g/mol. The smallest absolute Gasteiger partial charge is 0.338 e. The first-order valence-corrected chi connectivity index (χ1v) is 13.1. The first-order valence-electron chi connectivity index (χ1n) is 13.1. The molecule has 0 spiro atoms. The van der Waals surface area contributed by atoms with Crippen molar-refractivity contribution in [1.82, 2.24) is 0 Å². The summed E-state index contributed by atoms with van der Waals surface area (Å²) in [4.78, 5) is 48.3. The lowest BCUT2D eigenvalue weighted by Crippen LogP contribution is -2.31. The molecule has 2 aliphatic carbocycles. The zero-order valence-corrected chi connectivity index (χ0v) is 21.2. The van der Waals surface area contributed by atoms with Crippen LogP contribution in [0, 0.1) is 11.8 Å². The van der Waals surface area contributed by atoms with Crippen LogP contribution < -0.4 is 10.5 Å². The number of unbranched alkanes of at least 4 members (excludes halogenated alkanes) is 1. The van der Waals surface area contributed by atoms with Crippen molar-refractivity contribution in [3.63, 3.8) is 0 Å². The molecule has 9 nitrogen and oxygen atoms in total. The minimum Gasteiger partial charge on any atom is -0.465 e. The van der Waals surface area contributed by atoms with Crippen molar-refractivity contribution in [2.45, 2.75) is 76.4 Å². The second-order valence-electron chi connectivity index (χ2n) is 9.68. The lowest BCUT2D eigenvalue weighted by Gasteiger charge is -2.26. The van der Waals surface area contributed by atoms with E-state index in [-0.39, 0.29) is 55.1 Å². The van der Waals surface area contributed by atoms with Crippen LogP contribution in [0.15, 0.2) is 36.9 Å². The Morgan fingerprint density at radius 2 is 1.38 bits per heavy atom. The number of carbonyl (C=O) groups excluding carboxylic acids is 4. The Labute approximate surface area is 217 Å². The average Bonchev–Trinajstić information content (AvgIpc) is 2.92. The Kier molecular flexibility index (Phi) is 11.1. The molecule has 2 aliphatic rings. The largest absolute Gasteiger partial charge is 0.465 e. The molecule has 0 heterocycles. The van der Waals surface area contributed by atoms with E-state index in [1.807, 2.05) is 0 Å². The Balaban J connectivity index is 1.33. The van der Waals surface area contributed by atoms with E-state index in [2.05, 4.69) is 6.58 Å². The van der Waals surface area contributed by atoms with Gasteiger partial charge in [0.15, 0.2) is 0 Å². The summed E-state index contributed by atoms with van der Waals surface area (Å²) in [6, 6.07) is 6.55. The average molecular weight is 516 g/mol. The monoisotopic (exact) mass is 515 g/mol. The maximum absolute atomic E-state index is 12.6. The van der Waals surface area contributed by atoms with E-state index >= 15 is 0 Å². The molecule has 2 N–H and O–H groups in total. The molecule has 0 atom stereocenters. The number of benzene rings is 1. The number of carbonyl (C=O) groups is 4. The number of nitrogens with two attached hydrogens (primary N) is 1. The van der Waals surface area contributed by atoms with E-state index in [9.17, 15) is 19.2 Å². The van der Waals surface area contributed by atoms with Gasteiger partial charge in [0.25, 0.3) is 0 Å². The van der Waals surface area contributed by atoms with Crippen LogP contribution in [0.2, 0.25) is 0 Å². The van der Waals surface area contributed by atoms with Gasteiger partial charge in [0.2, 0.25) is 0 Å². The van der Waals surface area contributed by atoms with Gasteiger partial charge in [-0.1, -0.05) is 6.58 Å². The van der Waals surface area contributed by atoms with Gasteiger partial charge >= 0.3 is 23.9 Å². The van der Waals surface area contributed by atoms with Gasteiger partial charge < -0.3 is 24.7 Å². The molecule has 3 rings (SSSR count). The van der Waals surface area contributed by atoms with Crippen LogP contribution in [0.1, 0.15) is 74.6 Å². The lowest BCUT2D eigenvalue weighted by molar-refractivity contribution is -0.152. The van der Waals surface area contributed by atoms with Gasteiger partial charge in [0, 0.05) is 12.1 Å². The van der Waals surface area contributed by atoms with E-state index in [0.717, 1.165) is 31.8 Å². The highest BCUT2D eigenvalue weighted by molar-refractivity contribution is 5.89. The van der Waals surface area contributed by atoms with E-state index in [0.29, 0.717) is 49.8 Å². The van der Waals surface area contributed by atoms with Gasteiger partial charge in [-0.25, -0.2) is 9.59 Å². The Hall–Kier alpha value is -3.20. The Morgan fingerprint density at radius 3 is 1.97 bits per heavy atom. The molecule has 1 aromatic rings. The second kappa shape index (κ2) is 14.5. The molecule has 2 fully saturated rings. The van der Waals surface area contributed by atoms with Gasteiger partial charge in [-0.15, -0.1) is 0 Å². The minimum absolute atomic E-state index is 0.105. The zero-order valence-electron chi connectivity index (χ0n) is 21.2. The summed E-state index contributed by atoms with van der Waals surface area (Å²) in [5.74, 6) is -1.60. The van der Waals surface area contributed by atoms with Crippen LogP contribution in [0.25, 0.3) is 0 Å². The van der Waals surface area contributed by atoms with Crippen LogP contribution in [0.3, 0.4) is 0 Å². The molecule has 9 heteroatoms. The molecule has 0 radical (unpaired) electrons. The van der Waals surface area contributed by atoms with E-state index < -0.39 is 5.97 Å². The fourth-order valence-corrected chi connectivity index (χ4v) is 4.58. The second-order valence-corrected chi connectivity index (χ2v) is 9.68. The molecule has 0 saturated heterocycles. The van der Waals surface area contributed by atoms with Crippen LogP contribution in [-0.4, -0.2) is 49.2 Å². The topological polar surface area (TPSA) is 131 Å². The summed E-state index contributed by atoms with van der Waals surface area (Å²) < 4.78 is 21.3. The summed E-state index contributed by atoms with van der Waals surface area (Å²) in [6.45, 7) is 3.85. The van der Waals surface area contributed by atoms with Crippen LogP contribution in [0.4, 0.5) is 0 Å². The van der Waals surface area contributed by atoms with Crippen LogP contribution in [-0.2, 0) is 28.6 Å². The molecule has 202 valence electrons. The van der Waals surface area contributed by atoms with Crippen molar-refractivity contribution in [3.05, 3.63) is 42.5 Å². The Bertz CT molecular complexity index is 928. The molecule has 0 amide bonds. The highest BCUT2D eigenvalue weighted by atomic mass is 16.5. The van der Waals surface area contributed by atoms with Crippen molar-refractivity contribution in [2.24, 2.45) is 17.6 Å². The van der Waals surface area contributed by atoms with E-state index in [4.69, 9.17) is 24.7 Å². The maximum Gasteiger partial charge on any atom is 0.338 e. The molecule has 1 aromatic carbocycles. The van der Waals surface area contributed by atoms with Gasteiger partial charge in [0.05, 0.1) is 30.6 Å². The summed E-state index contributed by atoms with van der Waals surface area (Å²) in [7, 11) is 0. The molecular formula is C28H37NO8. The van der Waals surface area contributed by atoms with Crippen LogP contribution in [0.5, 0.6) is 5.75 Å². The third-order valence-corrected chi connectivity index (χ3v) is 6.89. The molecule has 2 saturated carbocycles. The van der Waals surface area contributed by atoms with Crippen molar-refractivity contribution in [3.8, 4) is 5.75 Å². The zero-order chi connectivity index (χ0) is 26.6. The minimum atomic E-state index is -0.467. The van der Waals surface area contributed by atoms with Gasteiger partial charge in [0.1, 0.15) is 11.9 Å². The number of hydrogen-bond acceptors (Lipinski definition) is 9. The summed E-state index contributed by atoms with van der Waals surface area (Å²) >= 11 is 0. The van der Waals surface area contributed by atoms with Gasteiger partial charge in [-0.3, -0.25) is 9.59 Å². The number of esters is 4. The molecule has 0 aromatic heterocycles. The predicted molar refractivity (Wildman–Crippen MR) is 135 cm³/mol. The highest BCUT2D eigenvalue weighted by Crippen LogP contribution is 2.31. The lowest BCUT2D eigenvalue weighted by atomic mass is 9.82. The normalized spacial score (nSPS) is 23.4. The third kappa shape index (κ3) is 9.31. The van der Waals surface area contributed by atoms with Gasteiger partial charge in [-0.05, 0) is 88.5 Å². The molecule has 0 bridgehead atoms. The number of hydrogen-bond donors (Lipinski definition) is 1. The molecule has 0 unspecified atom stereocenters. The van der Waals surface area contributed by atoms with Crippen molar-refractivity contribution >= 4 is 23.9 Å². The predicted octanol–water partition coefficient (Wildman–Crippen LogP) is 3.88. The molecule has 37 heavy (non-hydrogen) atoms. The first-order chi connectivity index (χ1) is 17.9. The highest BCUT2D eigenvalue weighted by Gasteiger charge is 2.32. The third-order valence-electron chi connectivity index (χ3n) is 6.89. The number of rotatable bonds is 11. The van der Waals surface area contributed by atoms with Gasteiger partial charge in [-0.2, -0.15) is 0 Å². The van der Waals surface area contributed by atoms with Crippen molar-refractivity contribution < 1.29 is 38.1 Å². The quantitative estimate of drug-likeness (QED) is 0.153. The van der Waals surface area contributed by atoms with Crippen molar-refractivity contribution in [1.29, 1.82) is 0 Å². The Morgan fingerprint density at radius 1 is 0.811 bits per heavy atom. The fraction of sp³-hybridized carbons (Fsp3) is 0.571. The standard InChI is InChI=1S/C28H37NO8/c1-2-25(30)34-17-3-4-18-35-26(31)19-5-7-20(8-6-19)27(32)36-23-13-9-21(10-14-23)28(33)37-24-15-11-22(29)12-16-24/h2,9-10,13-14,19-20,22,24H,1,3-8,11-12,15-18,29H2. The maximum atomic E-state index is 12.6. The number of ether oxygens (including phenoxy) is 4. The summed E-state index contributed by atoms with van der Waals surface area (Å²) in [5.41, 5.74) is 6.30. The SMILES string of the molecule is C=CC(=O)OCCCCOC(=O)C1CCC(C(=O)Oc2ccc(C(=O)OC3CCC(N)CC3)cc2)CC1. The van der Waals surface area contributed by atoms with Crippen molar-refractivity contribution in [2.75, 3.05) is 13.2 Å². The van der Waals surface area contributed by atoms with Crippen LogP contribution >= 0.6 is 0 Å². The first kappa shape index (κ1) is 28.4. The molecule has 0 aliphatic heterocycles.